The van der Waals surface area contributed by atoms with Crippen LogP contribution in [0, 0.1) is 3.57 Å². The van der Waals surface area contributed by atoms with Crippen molar-refractivity contribution in [3.05, 3.63) is 38.6 Å². The SMILES string of the molecule is COc1cc([C@H](O)CC=C=C(C)C[C@@H](O)CO)cc(I)c1O. The van der Waals surface area contributed by atoms with Gasteiger partial charge < -0.3 is 25.2 Å². The highest BCUT2D eigenvalue weighted by atomic mass is 127. The Morgan fingerprint density at radius 2 is 2.09 bits per heavy atom. The van der Waals surface area contributed by atoms with Crippen molar-refractivity contribution < 1.29 is 25.2 Å². The van der Waals surface area contributed by atoms with Crippen LogP contribution in [0.15, 0.2) is 29.5 Å². The highest BCUT2D eigenvalue weighted by molar-refractivity contribution is 14.1. The molecule has 0 saturated carbocycles. The Hall–Kier alpha value is -1.05. The van der Waals surface area contributed by atoms with Crippen LogP contribution in [0.3, 0.4) is 0 Å². The summed E-state index contributed by atoms with van der Waals surface area (Å²) < 4.78 is 5.67. The van der Waals surface area contributed by atoms with Gasteiger partial charge in [0, 0.05) is 12.8 Å². The van der Waals surface area contributed by atoms with Gasteiger partial charge >= 0.3 is 0 Å². The van der Waals surface area contributed by atoms with Gasteiger partial charge in [0.1, 0.15) is 0 Å². The molecule has 6 heteroatoms. The first-order chi connectivity index (χ1) is 10.4. The molecule has 0 bridgehead atoms. The average Bonchev–Trinajstić information content (AvgIpc) is 2.49. The van der Waals surface area contributed by atoms with E-state index in [0.717, 1.165) is 5.57 Å². The third-order valence-corrected chi connectivity index (χ3v) is 3.92. The Morgan fingerprint density at radius 1 is 1.41 bits per heavy atom. The lowest BCUT2D eigenvalue weighted by Crippen LogP contribution is -2.11. The Morgan fingerprint density at radius 3 is 2.68 bits per heavy atom. The molecule has 0 heterocycles. The van der Waals surface area contributed by atoms with Gasteiger partial charge in [-0.3, -0.25) is 0 Å². The maximum absolute atomic E-state index is 10.2. The van der Waals surface area contributed by atoms with Crippen LogP contribution < -0.4 is 4.74 Å². The van der Waals surface area contributed by atoms with Crippen molar-refractivity contribution in [2.24, 2.45) is 0 Å². The summed E-state index contributed by atoms with van der Waals surface area (Å²) in [6.07, 6.45) is 0.848. The van der Waals surface area contributed by atoms with Crippen LogP contribution in [-0.4, -0.2) is 40.2 Å². The zero-order chi connectivity index (χ0) is 16.7. The fraction of sp³-hybridized carbons (Fsp3) is 0.438. The molecule has 0 saturated heterocycles. The molecule has 0 aliphatic rings. The summed E-state index contributed by atoms with van der Waals surface area (Å²) in [4.78, 5) is 0. The lowest BCUT2D eigenvalue weighted by Gasteiger charge is -2.12. The molecule has 22 heavy (non-hydrogen) atoms. The molecule has 0 fully saturated rings. The van der Waals surface area contributed by atoms with Crippen molar-refractivity contribution in [1.29, 1.82) is 0 Å². The van der Waals surface area contributed by atoms with E-state index in [1.807, 2.05) is 22.6 Å². The summed E-state index contributed by atoms with van der Waals surface area (Å²) in [6, 6.07) is 3.30. The second kappa shape index (κ2) is 9.17. The van der Waals surface area contributed by atoms with Gasteiger partial charge in [0.2, 0.25) is 0 Å². The Labute approximate surface area is 143 Å². The molecule has 1 rings (SSSR count). The van der Waals surface area contributed by atoms with E-state index in [4.69, 9.17) is 9.84 Å². The Balaban J connectivity index is 2.79. The van der Waals surface area contributed by atoms with E-state index in [1.165, 1.54) is 7.11 Å². The van der Waals surface area contributed by atoms with Crippen molar-refractivity contribution >= 4 is 22.6 Å². The van der Waals surface area contributed by atoms with Crippen LogP contribution in [0.1, 0.15) is 31.4 Å². The molecular formula is C16H21IO5. The molecule has 0 aromatic heterocycles. The van der Waals surface area contributed by atoms with E-state index in [9.17, 15) is 15.3 Å². The minimum absolute atomic E-state index is 0.0586. The molecule has 0 spiro atoms. The topological polar surface area (TPSA) is 90.2 Å². The van der Waals surface area contributed by atoms with Gasteiger partial charge in [0.15, 0.2) is 11.5 Å². The van der Waals surface area contributed by atoms with Gasteiger partial charge in [0.25, 0.3) is 0 Å². The van der Waals surface area contributed by atoms with E-state index in [2.05, 4.69) is 5.73 Å². The maximum atomic E-state index is 10.2. The van der Waals surface area contributed by atoms with Crippen LogP contribution in [0.5, 0.6) is 11.5 Å². The minimum atomic E-state index is -0.784. The summed E-state index contributed by atoms with van der Waals surface area (Å²) in [7, 11) is 1.46. The van der Waals surface area contributed by atoms with E-state index >= 15 is 0 Å². The first-order valence-corrected chi connectivity index (χ1v) is 7.90. The number of aliphatic hydroxyl groups excluding tert-OH is 3. The highest BCUT2D eigenvalue weighted by Gasteiger charge is 2.13. The molecular weight excluding hydrogens is 399 g/mol. The molecule has 4 N–H and O–H groups in total. The summed E-state index contributed by atoms with van der Waals surface area (Å²) in [5.74, 6) is 0.381. The summed E-state index contributed by atoms with van der Waals surface area (Å²) in [5.41, 5.74) is 4.42. The average molecular weight is 420 g/mol. The number of aliphatic hydroxyl groups is 3. The Kier molecular flexibility index (Phi) is 7.92. The zero-order valence-electron chi connectivity index (χ0n) is 12.6. The summed E-state index contributed by atoms with van der Waals surface area (Å²) >= 11 is 1.98. The van der Waals surface area contributed by atoms with Crippen LogP contribution >= 0.6 is 22.6 Å². The molecule has 0 aliphatic carbocycles. The van der Waals surface area contributed by atoms with Crippen molar-refractivity contribution in [1.82, 2.24) is 0 Å². The number of aromatic hydroxyl groups is 1. The lowest BCUT2D eigenvalue weighted by molar-refractivity contribution is 0.0955. The zero-order valence-corrected chi connectivity index (χ0v) is 14.7. The van der Waals surface area contributed by atoms with Crippen molar-refractivity contribution in [3.8, 4) is 11.5 Å². The van der Waals surface area contributed by atoms with Gasteiger partial charge in [-0.2, -0.15) is 0 Å². The first-order valence-electron chi connectivity index (χ1n) is 6.83. The van der Waals surface area contributed by atoms with Gasteiger partial charge in [-0.1, -0.05) is 0 Å². The van der Waals surface area contributed by atoms with Crippen molar-refractivity contribution in [2.45, 2.75) is 32.0 Å². The number of phenolic OH excluding ortho intramolecular Hbond substituents is 1. The third kappa shape index (κ3) is 5.62. The number of halogens is 1. The summed E-state index contributed by atoms with van der Waals surface area (Å²) in [6.45, 7) is 1.52. The van der Waals surface area contributed by atoms with Crippen LogP contribution in [0.25, 0.3) is 0 Å². The molecule has 0 unspecified atom stereocenters. The van der Waals surface area contributed by atoms with E-state index in [-0.39, 0.29) is 12.4 Å². The standard InChI is InChI=1S/C16H21IO5/c1-10(6-12(19)9-18)4-3-5-14(20)11-7-13(17)16(21)15(8-11)22-2/h3,7-8,12,14,18-21H,5-6,9H2,1-2H3/t4?,12-,14-/m1/s1. The predicted octanol–water partition coefficient (Wildman–Crippen LogP) is 2.27. The Bertz CT molecular complexity index is 564. The lowest BCUT2D eigenvalue weighted by atomic mass is 10.1. The normalized spacial score (nSPS) is 13.2. The predicted molar refractivity (Wildman–Crippen MR) is 91.9 cm³/mol. The molecule has 1 aromatic rings. The fourth-order valence-electron chi connectivity index (χ4n) is 1.90. The quantitative estimate of drug-likeness (QED) is 0.402. The second-order valence-corrected chi connectivity index (χ2v) is 6.14. The number of rotatable bonds is 7. The van der Waals surface area contributed by atoms with Crippen LogP contribution in [0.2, 0.25) is 0 Å². The minimum Gasteiger partial charge on any atom is -0.504 e. The van der Waals surface area contributed by atoms with E-state index < -0.39 is 12.2 Å². The number of hydrogen-bond acceptors (Lipinski definition) is 5. The van der Waals surface area contributed by atoms with Gasteiger partial charge in [-0.05, 0) is 58.9 Å². The highest BCUT2D eigenvalue weighted by Crippen LogP contribution is 2.34. The smallest absolute Gasteiger partial charge is 0.171 e. The molecule has 1 aromatic carbocycles. The molecule has 0 aliphatic heterocycles. The monoisotopic (exact) mass is 420 g/mol. The number of phenols is 1. The van der Waals surface area contributed by atoms with Crippen LogP contribution in [-0.2, 0) is 0 Å². The van der Waals surface area contributed by atoms with Crippen LogP contribution in [0.4, 0.5) is 0 Å². The van der Waals surface area contributed by atoms with Crippen molar-refractivity contribution in [2.75, 3.05) is 13.7 Å². The molecule has 5 nitrogen and oxygen atoms in total. The molecule has 0 radical (unpaired) electrons. The molecule has 2 atom stereocenters. The number of benzene rings is 1. The number of ether oxygens (including phenoxy) is 1. The molecule has 0 amide bonds. The molecule has 122 valence electrons. The number of methoxy groups -OCH3 is 1. The van der Waals surface area contributed by atoms with Gasteiger partial charge in [-0.15, -0.1) is 5.73 Å². The summed E-state index contributed by atoms with van der Waals surface area (Å²) in [5, 5.41) is 38.1. The third-order valence-electron chi connectivity index (χ3n) is 3.10. The van der Waals surface area contributed by atoms with Gasteiger partial charge in [0.05, 0.1) is 29.5 Å². The largest absolute Gasteiger partial charge is 0.504 e. The second-order valence-electron chi connectivity index (χ2n) is 4.97. The fourth-order valence-corrected chi connectivity index (χ4v) is 2.52. The maximum Gasteiger partial charge on any atom is 0.171 e. The van der Waals surface area contributed by atoms with Gasteiger partial charge in [-0.25, -0.2) is 0 Å². The number of hydrogen-bond donors (Lipinski definition) is 4. The van der Waals surface area contributed by atoms with E-state index in [0.29, 0.717) is 27.7 Å². The first kappa shape index (κ1) is 19.0. The van der Waals surface area contributed by atoms with E-state index in [1.54, 1.807) is 25.1 Å². The van der Waals surface area contributed by atoms with Crippen molar-refractivity contribution in [3.63, 3.8) is 0 Å².